The molecule has 0 aliphatic heterocycles. The van der Waals surface area contributed by atoms with E-state index in [9.17, 15) is 8.42 Å². The number of rotatable bonds is 10. The molecular weight excluding hydrogens is 647 g/mol. The summed E-state index contributed by atoms with van der Waals surface area (Å²) in [5, 5.41) is 7.96. The van der Waals surface area contributed by atoms with E-state index in [1.165, 1.54) is 23.9 Å². The predicted molar refractivity (Wildman–Crippen MR) is 165 cm³/mol. The number of nitrogens with zero attached hydrogens (tertiary/aromatic N) is 4. The number of thiazole rings is 1. The minimum Gasteiger partial charge on any atom is -0.488 e. The predicted octanol–water partition coefficient (Wildman–Crippen LogP) is 5.84. The van der Waals surface area contributed by atoms with Crippen molar-refractivity contribution in [3.05, 3.63) is 81.1 Å². The molecule has 3 heterocycles. The number of nitrogens with one attached hydrogen (secondary N) is 2. The summed E-state index contributed by atoms with van der Waals surface area (Å²) in [5.74, 6) is 1.50. The van der Waals surface area contributed by atoms with Crippen LogP contribution in [-0.2, 0) is 16.4 Å². The van der Waals surface area contributed by atoms with E-state index in [2.05, 4.69) is 53.2 Å². The number of aryl methyl sites for hydroxylation is 1. The lowest BCUT2D eigenvalue weighted by atomic mass is 10.2. The van der Waals surface area contributed by atoms with Gasteiger partial charge in [-0.05, 0) is 59.3 Å². The van der Waals surface area contributed by atoms with E-state index in [1.807, 2.05) is 61.5 Å². The molecule has 0 fully saturated rings. The largest absolute Gasteiger partial charge is 0.488 e. The third-order valence-corrected chi connectivity index (χ3v) is 8.46. The van der Waals surface area contributed by atoms with Gasteiger partial charge in [0.1, 0.15) is 40.0 Å². The fraction of sp³-hybridized carbons (Fsp3) is 0.185. The number of ether oxygens (including phenoxy) is 1. The lowest BCUT2D eigenvalue weighted by Gasteiger charge is -2.12. The summed E-state index contributed by atoms with van der Waals surface area (Å²) in [4.78, 5) is 19.1. The summed E-state index contributed by atoms with van der Waals surface area (Å²) < 4.78 is 29.8. The van der Waals surface area contributed by atoms with Crippen molar-refractivity contribution in [2.24, 2.45) is 0 Å². The molecular formula is C27H25IN6O3S2. The molecule has 0 saturated carbocycles. The van der Waals surface area contributed by atoms with Crippen molar-refractivity contribution in [3.8, 4) is 17.1 Å². The molecule has 0 unspecified atom stereocenters. The van der Waals surface area contributed by atoms with Crippen LogP contribution in [0.1, 0.15) is 10.4 Å². The molecule has 9 nitrogen and oxygen atoms in total. The van der Waals surface area contributed by atoms with Crippen molar-refractivity contribution in [2.75, 3.05) is 29.2 Å². The Bertz CT molecular complexity index is 1730. The number of hydrogen-bond acceptors (Lipinski definition) is 10. The zero-order chi connectivity index (χ0) is 27.4. The molecule has 12 heteroatoms. The number of anilines is 3. The Morgan fingerprint density at radius 2 is 1.87 bits per heavy atom. The average Bonchev–Trinajstić information content (AvgIpc) is 3.28. The SMILES string of the molecule is Cc1sc(NCCS(C)(=O)=O)nc1-c1cc2c(Nc3ccc(OCc4ccccc4)c(I)c3)ncnc2cn1. The van der Waals surface area contributed by atoms with E-state index in [0.29, 0.717) is 35.3 Å². The molecule has 5 rings (SSSR count). The number of pyridine rings is 1. The van der Waals surface area contributed by atoms with Gasteiger partial charge in [0, 0.05) is 28.8 Å². The van der Waals surface area contributed by atoms with Crippen LogP contribution in [0.4, 0.5) is 16.6 Å². The second kappa shape index (κ2) is 11.8. The molecule has 5 aromatic rings. The minimum absolute atomic E-state index is 0.0423. The Balaban J connectivity index is 1.35. The van der Waals surface area contributed by atoms with Gasteiger partial charge in [0.2, 0.25) is 0 Å². The van der Waals surface area contributed by atoms with E-state index >= 15 is 0 Å². The number of halogens is 1. The van der Waals surface area contributed by atoms with Crippen LogP contribution in [0.5, 0.6) is 5.75 Å². The van der Waals surface area contributed by atoms with Crippen molar-refractivity contribution in [1.29, 1.82) is 0 Å². The first-order valence-corrected chi connectivity index (χ1v) is 15.9. The normalized spacial score (nSPS) is 11.5. The Labute approximate surface area is 244 Å². The molecule has 0 aliphatic carbocycles. The lowest BCUT2D eigenvalue weighted by molar-refractivity contribution is 0.304. The van der Waals surface area contributed by atoms with Gasteiger partial charge in [-0.25, -0.2) is 23.4 Å². The van der Waals surface area contributed by atoms with Gasteiger partial charge in [-0.15, -0.1) is 11.3 Å². The molecule has 3 aromatic heterocycles. The summed E-state index contributed by atoms with van der Waals surface area (Å²) in [6.45, 7) is 2.76. The van der Waals surface area contributed by atoms with Crippen LogP contribution in [0.15, 0.2) is 67.1 Å². The monoisotopic (exact) mass is 672 g/mol. The summed E-state index contributed by atoms with van der Waals surface area (Å²) in [6.07, 6.45) is 4.43. The van der Waals surface area contributed by atoms with Crippen LogP contribution in [-0.4, -0.2) is 46.9 Å². The topological polar surface area (TPSA) is 119 Å². The molecule has 0 atom stereocenters. The van der Waals surface area contributed by atoms with E-state index in [4.69, 9.17) is 4.74 Å². The van der Waals surface area contributed by atoms with E-state index in [1.54, 1.807) is 6.20 Å². The molecule has 2 N–H and O–H groups in total. The van der Waals surface area contributed by atoms with E-state index in [-0.39, 0.29) is 5.75 Å². The van der Waals surface area contributed by atoms with Crippen LogP contribution in [0, 0.1) is 10.5 Å². The Morgan fingerprint density at radius 3 is 2.64 bits per heavy atom. The number of benzene rings is 2. The fourth-order valence-corrected chi connectivity index (χ4v) is 5.80. The van der Waals surface area contributed by atoms with Gasteiger partial charge < -0.3 is 15.4 Å². The summed E-state index contributed by atoms with van der Waals surface area (Å²) in [7, 11) is -3.05. The third kappa shape index (κ3) is 6.99. The first-order chi connectivity index (χ1) is 18.7. The maximum Gasteiger partial charge on any atom is 0.183 e. The molecule has 39 heavy (non-hydrogen) atoms. The van der Waals surface area contributed by atoms with Crippen LogP contribution in [0.3, 0.4) is 0 Å². The first-order valence-electron chi connectivity index (χ1n) is 12.0. The first kappa shape index (κ1) is 27.2. The van der Waals surface area contributed by atoms with Gasteiger partial charge in [0.25, 0.3) is 0 Å². The number of hydrogen-bond donors (Lipinski definition) is 2. The van der Waals surface area contributed by atoms with Crippen molar-refractivity contribution >= 4 is 71.3 Å². The van der Waals surface area contributed by atoms with Gasteiger partial charge in [-0.2, -0.15) is 0 Å². The van der Waals surface area contributed by atoms with Crippen LogP contribution in [0.25, 0.3) is 22.3 Å². The van der Waals surface area contributed by atoms with Crippen LogP contribution < -0.4 is 15.4 Å². The highest BCUT2D eigenvalue weighted by atomic mass is 127. The zero-order valence-electron chi connectivity index (χ0n) is 21.2. The second-order valence-corrected chi connectivity index (χ2v) is 13.5. The zero-order valence-corrected chi connectivity index (χ0v) is 25.0. The molecule has 0 aliphatic rings. The van der Waals surface area contributed by atoms with Gasteiger partial charge in [0.05, 0.1) is 26.7 Å². The van der Waals surface area contributed by atoms with Crippen LogP contribution in [0.2, 0.25) is 0 Å². The van der Waals surface area contributed by atoms with Crippen molar-refractivity contribution in [1.82, 2.24) is 19.9 Å². The van der Waals surface area contributed by atoms with Crippen molar-refractivity contribution < 1.29 is 13.2 Å². The quantitative estimate of drug-likeness (QED) is 0.177. The number of sulfone groups is 1. The second-order valence-electron chi connectivity index (χ2n) is 8.83. The molecule has 0 radical (unpaired) electrons. The van der Waals surface area contributed by atoms with E-state index in [0.717, 1.165) is 36.5 Å². The fourth-order valence-electron chi connectivity index (χ4n) is 3.81. The maximum atomic E-state index is 11.4. The standard InChI is InChI=1S/C27H25IN6O3S2/c1-17-25(34-27(38-17)29-10-11-39(2,35)36)22-13-20-23(14-30-22)31-16-32-26(20)33-19-8-9-24(21(28)12-19)37-15-18-6-4-3-5-7-18/h3-9,12-14,16H,10-11,15H2,1-2H3,(H,29,34)(H,31,32,33). The van der Waals surface area contributed by atoms with Gasteiger partial charge in [0.15, 0.2) is 5.13 Å². The van der Waals surface area contributed by atoms with Crippen molar-refractivity contribution in [3.63, 3.8) is 0 Å². The molecule has 2 aromatic carbocycles. The van der Waals surface area contributed by atoms with Gasteiger partial charge in [-0.1, -0.05) is 30.3 Å². The highest BCUT2D eigenvalue weighted by molar-refractivity contribution is 14.1. The molecule has 200 valence electrons. The average molecular weight is 673 g/mol. The van der Waals surface area contributed by atoms with Crippen LogP contribution >= 0.6 is 33.9 Å². The summed E-state index contributed by atoms with van der Waals surface area (Å²) >= 11 is 3.73. The Morgan fingerprint density at radius 1 is 1.05 bits per heavy atom. The smallest absolute Gasteiger partial charge is 0.183 e. The summed E-state index contributed by atoms with van der Waals surface area (Å²) in [6, 6.07) is 17.9. The number of fused-ring (bicyclic) bond motifs is 1. The lowest BCUT2D eigenvalue weighted by Crippen LogP contribution is -2.13. The van der Waals surface area contributed by atoms with Crippen molar-refractivity contribution in [2.45, 2.75) is 13.5 Å². The number of aromatic nitrogens is 4. The minimum atomic E-state index is -3.05. The maximum absolute atomic E-state index is 11.4. The molecule has 0 saturated heterocycles. The molecule has 0 spiro atoms. The highest BCUT2D eigenvalue weighted by Gasteiger charge is 2.15. The summed E-state index contributed by atoms with van der Waals surface area (Å²) in [5.41, 5.74) is 4.09. The Kier molecular flexibility index (Phi) is 8.23. The molecule has 0 amide bonds. The van der Waals surface area contributed by atoms with Gasteiger partial charge in [-0.3, -0.25) is 4.98 Å². The highest BCUT2D eigenvalue weighted by Crippen LogP contribution is 2.33. The van der Waals surface area contributed by atoms with Gasteiger partial charge >= 0.3 is 0 Å². The van der Waals surface area contributed by atoms with E-state index < -0.39 is 9.84 Å². The molecule has 0 bridgehead atoms. The Hall–Kier alpha value is -3.36. The third-order valence-electron chi connectivity index (χ3n) is 5.74.